The Kier molecular flexibility index (Phi) is 4.34. The van der Waals surface area contributed by atoms with Crippen molar-refractivity contribution in [3.05, 3.63) is 35.4 Å². The van der Waals surface area contributed by atoms with Crippen LogP contribution in [0, 0.1) is 0 Å². The fourth-order valence-corrected chi connectivity index (χ4v) is 3.23. The van der Waals surface area contributed by atoms with Crippen molar-refractivity contribution in [3.8, 4) is 0 Å². The van der Waals surface area contributed by atoms with E-state index in [9.17, 15) is 9.59 Å². The third kappa shape index (κ3) is 3.32. The van der Waals surface area contributed by atoms with Crippen molar-refractivity contribution < 1.29 is 9.59 Å². The second-order valence-electron chi connectivity index (χ2n) is 5.96. The minimum absolute atomic E-state index is 0.0537. The van der Waals surface area contributed by atoms with Gasteiger partial charge in [0.05, 0.1) is 12.8 Å². The molecule has 1 aromatic carbocycles. The van der Waals surface area contributed by atoms with E-state index >= 15 is 0 Å². The van der Waals surface area contributed by atoms with Gasteiger partial charge in [-0.2, -0.15) is 0 Å². The van der Waals surface area contributed by atoms with Gasteiger partial charge in [-0.25, -0.2) is 0 Å². The molecule has 0 spiro atoms. The molecule has 1 aromatic rings. The number of carbonyl (C=O) groups is 2. The molecule has 2 heterocycles. The summed E-state index contributed by atoms with van der Waals surface area (Å²) in [5, 5.41) is 0. The second kappa shape index (κ2) is 6.39. The Morgan fingerprint density at radius 3 is 1.95 bits per heavy atom. The Morgan fingerprint density at radius 1 is 0.810 bits per heavy atom. The van der Waals surface area contributed by atoms with Crippen LogP contribution in [0.1, 0.15) is 30.4 Å². The Hall–Kier alpha value is -1.68. The number of nitrogens with zero attached hydrogens (tertiary/aromatic N) is 2. The minimum atomic E-state index is -0.0537. The number of imide groups is 1. The summed E-state index contributed by atoms with van der Waals surface area (Å²) in [5.74, 6) is -0.107. The number of hydrogen-bond donors (Lipinski definition) is 0. The third-order valence-electron chi connectivity index (χ3n) is 4.49. The van der Waals surface area contributed by atoms with E-state index in [4.69, 9.17) is 0 Å². The molecule has 0 saturated carbocycles. The predicted octanol–water partition coefficient (Wildman–Crippen LogP) is 1.63. The molecule has 21 heavy (non-hydrogen) atoms. The summed E-state index contributed by atoms with van der Waals surface area (Å²) in [5.41, 5.74) is 1.99. The molecular formula is C17H22N2O2. The van der Waals surface area contributed by atoms with E-state index in [0.29, 0.717) is 19.4 Å². The molecule has 4 nitrogen and oxygen atoms in total. The van der Waals surface area contributed by atoms with E-state index in [-0.39, 0.29) is 11.8 Å². The van der Waals surface area contributed by atoms with E-state index in [1.54, 1.807) is 0 Å². The Balaban J connectivity index is 1.66. The SMILES string of the molecule is O=C1Cc2ccccc2CC(=O)N1CCN1CCCCC1. The maximum Gasteiger partial charge on any atom is 0.233 e. The largest absolute Gasteiger partial charge is 0.302 e. The van der Waals surface area contributed by atoms with Gasteiger partial charge in [-0.1, -0.05) is 30.7 Å². The van der Waals surface area contributed by atoms with E-state index < -0.39 is 0 Å². The lowest BCUT2D eigenvalue weighted by Crippen LogP contribution is -2.43. The summed E-state index contributed by atoms with van der Waals surface area (Å²) in [7, 11) is 0. The van der Waals surface area contributed by atoms with Crippen molar-refractivity contribution >= 4 is 11.8 Å². The zero-order chi connectivity index (χ0) is 14.7. The lowest BCUT2D eigenvalue weighted by Gasteiger charge is -2.28. The molecule has 112 valence electrons. The van der Waals surface area contributed by atoms with Crippen molar-refractivity contribution in [2.45, 2.75) is 32.1 Å². The molecule has 3 rings (SSSR count). The molecule has 0 aromatic heterocycles. The van der Waals surface area contributed by atoms with E-state index in [1.165, 1.54) is 24.2 Å². The molecule has 0 aliphatic carbocycles. The fourth-order valence-electron chi connectivity index (χ4n) is 3.23. The molecule has 2 amide bonds. The number of rotatable bonds is 3. The van der Waals surface area contributed by atoms with Crippen LogP contribution in [0.15, 0.2) is 24.3 Å². The number of likely N-dealkylation sites (tertiary alicyclic amines) is 1. The number of fused-ring (bicyclic) bond motifs is 1. The molecule has 2 aliphatic heterocycles. The van der Waals surface area contributed by atoms with Crippen LogP contribution in [-0.2, 0) is 22.4 Å². The van der Waals surface area contributed by atoms with Crippen molar-refractivity contribution in [1.29, 1.82) is 0 Å². The summed E-state index contributed by atoms with van der Waals surface area (Å²) >= 11 is 0. The fraction of sp³-hybridized carbons (Fsp3) is 0.529. The van der Waals surface area contributed by atoms with Gasteiger partial charge >= 0.3 is 0 Å². The van der Waals surface area contributed by atoms with Crippen LogP contribution >= 0.6 is 0 Å². The molecule has 0 atom stereocenters. The molecule has 0 unspecified atom stereocenters. The first-order valence-electron chi connectivity index (χ1n) is 7.86. The molecule has 0 radical (unpaired) electrons. The van der Waals surface area contributed by atoms with Gasteiger partial charge in [0.2, 0.25) is 11.8 Å². The van der Waals surface area contributed by atoms with Crippen molar-refractivity contribution in [3.63, 3.8) is 0 Å². The molecule has 0 bridgehead atoms. The standard InChI is InChI=1S/C17H22N2O2/c20-16-12-14-6-2-3-7-15(14)13-17(21)19(16)11-10-18-8-4-1-5-9-18/h2-3,6-7H,1,4-5,8-13H2. The third-order valence-corrected chi connectivity index (χ3v) is 4.49. The molecule has 4 heteroatoms. The molecule has 1 saturated heterocycles. The average Bonchev–Trinajstić information content (AvgIpc) is 2.62. The quantitative estimate of drug-likeness (QED) is 0.793. The van der Waals surface area contributed by atoms with E-state index in [2.05, 4.69) is 4.90 Å². The highest BCUT2D eigenvalue weighted by Crippen LogP contribution is 2.17. The smallest absolute Gasteiger partial charge is 0.233 e. The number of piperidine rings is 1. The average molecular weight is 286 g/mol. The molecular weight excluding hydrogens is 264 g/mol. The highest BCUT2D eigenvalue weighted by molar-refractivity contribution is 5.99. The highest BCUT2D eigenvalue weighted by Gasteiger charge is 2.27. The van der Waals surface area contributed by atoms with Gasteiger partial charge in [0.15, 0.2) is 0 Å². The van der Waals surface area contributed by atoms with Gasteiger partial charge < -0.3 is 4.90 Å². The zero-order valence-electron chi connectivity index (χ0n) is 12.4. The number of benzene rings is 1. The summed E-state index contributed by atoms with van der Waals surface area (Å²) in [4.78, 5) is 28.5. The lowest BCUT2D eigenvalue weighted by atomic mass is 10.0. The van der Waals surface area contributed by atoms with E-state index in [1.807, 2.05) is 24.3 Å². The first-order chi connectivity index (χ1) is 10.2. The van der Waals surface area contributed by atoms with E-state index in [0.717, 1.165) is 30.8 Å². The first-order valence-corrected chi connectivity index (χ1v) is 7.86. The Morgan fingerprint density at radius 2 is 1.38 bits per heavy atom. The summed E-state index contributed by atoms with van der Waals surface area (Å²) in [6, 6.07) is 7.77. The number of amides is 2. The Labute approximate surface area is 125 Å². The van der Waals surface area contributed by atoms with Crippen LogP contribution in [0.25, 0.3) is 0 Å². The number of carbonyl (C=O) groups excluding carboxylic acids is 2. The predicted molar refractivity (Wildman–Crippen MR) is 80.9 cm³/mol. The minimum Gasteiger partial charge on any atom is -0.302 e. The highest BCUT2D eigenvalue weighted by atomic mass is 16.2. The van der Waals surface area contributed by atoms with Crippen LogP contribution in [0.2, 0.25) is 0 Å². The molecule has 1 fully saturated rings. The molecule has 0 N–H and O–H groups in total. The monoisotopic (exact) mass is 286 g/mol. The first kappa shape index (κ1) is 14.3. The topological polar surface area (TPSA) is 40.6 Å². The van der Waals surface area contributed by atoms with Gasteiger partial charge in [-0.05, 0) is 37.1 Å². The normalized spacial score (nSPS) is 20.3. The van der Waals surface area contributed by atoms with Crippen molar-refractivity contribution in [2.75, 3.05) is 26.2 Å². The lowest BCUT2D eigenvalue weighted by molar-refractivity contribution is -0.143. The summed E-state index contributed by atoms with van der Waals surface area (Å²) < 4.78 is 0. The maximum absolute atomic E-state index is 12.3. The van der Waals surface area contributed by atoms with Gasteiger partial charge in [0, 0.05) is 13.1 Å². The van der Waals surface area contributed by atoms with Crippen LogP contribution in [0.3, 0.4) is 0 Å². The van der Waals surface area contributed by atoms with Crippen molar-refractivity contribution in [2.24, 2.45) is 0 Å². The zero-order valence-corrected chi connectivity index (χ0v) is 12.4. The second-order valence-corrected chi connectivity index (χ2v) is 5.96. The maximum atomic E-state index is 12.3. The number of hydrogen-bond acceptors (Lipinski definition) is 3. The van der Waals surface area contributed by atoms with Gasteiger partial charge in [0.25, 0.3) is 0 Å². The van der Waals surface area contributed by atoms with Crippen LogP contribution in [-0.4, -0.2) is 47.8 Å². The molecule has 2 aliphatic rings. The van der Waals surface area contributed by atoms with Crippen LogP contribution in [0.5, 0.6) is 0 Å². The van der Waals surface area contributed by atoms with Crippen LogP contribution < -0.4 is 0 Å². The Bertz CT molecular complexity index is 498. The summed E-state index contributed by atoms with van der Waals surface area (Å²) in [6.07, 6.45) is 4.46. The van der Waals surface area contributed by atoms with Crippen LogP contribution in [0.4, 0.5) is 0 Å². The van der Waals surface area contributed by atoms with Gasteiger partial charge in [0.1, 0.15) is 0 Å². The summed E-state index contributed by atoms with van der Waals surface area (Å²) in [6.45, 7) is 3.53. The van der Waals surface area contributed by atoms with Gasteiger partial charge in [-0.15, -0.1) is 0 Å². The van der Waals surface area contributed by atoms with Crippen molar-refractivity contribution in [1.82, 2.24) is 9.80 Å². The van der Waals surface area contributed by atoms with Gasteiger partial charge in [-0.3, -0.25) is 14.5 Å².